The van der Waals surface area contributed by atoms with Crippen molar-refractivity contribution in [2.45, 2.75) is 18.6 Å². The standard InChI is InChI=1S/C47H18F4N8O6S2/c48-29-11-25-27(13-31(29)50)37(60)35(33(25)23(15-52)16-53)56-45-58-41-39(66-45)40-42(47(41,43(62)64-19-21-7-3-1-4-8-21)44(63)65-20-22-9-5-2-6-10-22)59-46(67-40)57-36-34(24(17-54)18-55)26-12-30(49)32(51)14-28(26)38(36)61/h1-14H,19-20H2. The van der Waals surface area contributed by atoms with Crippen molar-refractivity contribution in [3.63, 3.8) is 0 Å². The van der Waals surface area contributed by atoms with Gasteiger partial charge in [0.1, 0.15) is 60.1 Å². The molecule has 0 saturated heterocycles. The fourth-order valence-corrected chi connectivity index (χ4v) is 9.71. The number of ketones is 2. The van der Waals surface area contributed by atoms with Crippen LogP contribution in [-0.4, -0.2) is 44.9 Å². The molecule has 322 valence electrons. The van der Waals surface area contributed by atoms with Gasteiger partial charge in [0.05, 0.1) is 21.1 Å². The second kappa shape index (κ2) is 16.8. The predicted molar refractivity (Wildman–Crippen MR) is 228 cm³/mol. The number of ether oxygens (including phenoxy) is 2. The summed E-state index contributed by atoms with van der Waals surface area (Å²) < 4.78 is 69.7. The minimum atomic E-state index is -2.73. The van der Waals surface area contributed by atoms with Gasteiger partial charge in [-0.15, -0.1) is 0 Å². The maximum atomic E-state index is 14.9. The molecule has 0 aliphatic heterocycles. The summed E-state index contributed by atoms with van der Waals surface area (Å²) in [6, 6.07) is 25.6. The van der Waals surface area contributed by atoms with Gasteiger partial charge in [-0.2, -0.15) is 21.0 Å². The molecule has 9 rings (SSSR count). The number of Topliss-reactive ketones (excluding diaryl/α,β-unsaturated/α-hetero) is 2. The maximum absolute atomic E-state index is 14.9. The first-order valence-electron chi connectivity index (χ1n) is 19.1. The second-order valence-corrected chi connectivity index (χ2v) is 16.3. The van der Waals surface area contributed by atoms with Gasteiger partial charge in [0.25, 0.3) is 5.41 Å². The lowest BCUT2D eigenvalue weighted by atomic mass is 9.84. The Morgan fingerprint density at radius 2 is 0.910 bits per heavy atom. The Bertz CT molecular complexity index is 3290. The molecular formula is C47H18F4N8O6S2. The van der Waals surface area contributed by atoms with E-state index in [-0.39, 0.29) is 42.5 Å². The molecule has 6 aromatic rings. The topological polar surface area (TPSA) is 232 Å². The number of carbonyl (C=O) groups is 4. The van der Waals surface area contributed by atoms with E-state index in [1.54, 1.807) is 84.9 Å². The van der Waals surface area contributed by atoms with Crippen molar-refractivity contribution in [2.24, 2.45) is 9.98 Å². The number of thiazole rings is 2. The number of aromatic nitrogens is 2. The van der Waals surface area contributed by atoms with Crippen molar-refractivity contribution in [2.75, 3.05) is 0 Å². The molecule has 4 aromatic carbocycles. The smallest absolute Gasteiger partial charge is 0.336 e. The lowest BCUT2D eigenvalue weighted by Gasteiger charge is -2.24. The zero-order valence-corrected chi connectivity index (χ0v) is 35.0. The monoisotopic (exact) mass is 930 g/mol. The van der Waals surface area contributed by atoms with Crippen molar-refractivity contribution < 1.29 is 46.2 Å². The van der Waals surface area contributed by atoms with Crippen LogP contribution in [0.2, 0.25) is 0 Å². The number of halogens is 4. The molecule has 0 unspecified atom stereocenters. The highest BCUT2D eigenvalue weighted by Gasteiger charge is 2.63. The first-order chi connectivity index (χ1) is 32.3. The summed E-state index contributed by atoms with van der Waals surface area (Å²) in [6.07, 6.45) is 0. The molecule has 3 aliphatic carbocycles. The number of carbonyl (C=O) groups excluding carboxylic acids is 4. The minimum Gasteiger partial charge on any atom is -0.459 e. The number of rotatable bonds is 8. The Hall–Kier alpha value is -9.08. The molecule has 0 fully saturated rings. The van der Waals surface area contributed by atoms with E-state index in [0.717, 1.165) is 0 Å². The van der Waals surface area contributed by atoms with Gasteiger partial charge in [0.2, 0.25) is 21.8 Å². The molecule has 0 atom stereocenters. The molecule has 3 aliphatic rings. The van der Waals surface area contributed by atoms with Crippen molar-refractivity contribution >= 4 is 79.0 Å². The van der Waals surface area contributed by atoms with E-state index in [4.69, 9.17) is 9.47 Å². The number of benzene rings is 4. The third-order valence-corrected chi connectivity index (χ3v) is 12.7. The van der Waals surface area contributed by atoms with Gasteiger partial charge >= 0.3 is 11.9 Å². The molecule has 0 bridgehead atoms. The summed E-state index contributed by atoms with van der Waals surface area (Å²) in [5, 5.41) is 38.7. The number of aliphatic imine (C=N–C) groups is 2. The fourth-order valence-electron chi connectivity index (χ4n) is 7.58. The molecular weight excluding hydrogens is 913 g/mol. The quantitative estimate of drug-likeness (QED) is 0.0605. The lowest BCUT2D eigenvalue weighted by Crippen LogP contribution is -2.46. The molecule has 0 N–H and O–H groups in total. The van der Waals surface area contributed by atoms with Gasteiger partial charge in [-0.3, -0.25) is 9.59 Å². The first kappa shape index (κ1) is 43.2. The number of allylic oxidation sites excluding steroid dienone is 4. The van der Waals surface area contributed by atoms with Gasteiger partial charge < -0.3 is 9.47 Å². The fraction of sp³-hybridized carbons (Fsp3) is 0.0638. The molecule has 2 aromatic heterocycles. The van der Waals surface area contributed by atoms with Crippen molar-refractivity contribution in [3.8, 4) is 34.0 Å². The summed E-state index contributed by atoms with van der Waals surface area (Å²) in [7, 11) is 0. The van der Waals surface area contributed by atoms with Crippen LogP contribution in [-0.2, 0) is 37.7 Å². The van der Waals surface area contributed by atoms with Crippen molar-refractivity contribution in [3.05, 3.63) is 164 Å². The average molecular weight is 931 g/mol. The predicted octanol–water partition coefficient (Wildman–Crippen LogP) is 8.45. The van der Waals surface area contributed by atoms with Crippen LogP contribution in [0.3, 0.4) is 0 Å². The second-order valence-electron chi connectivity index (χ2n) is 14.4. The van der Waals surface area contributed by atoms with E-state index in [2.05, 4.69) is 20.0 Å². The normalized spacial score (nSPS) is 14.9. The number of nitrogens with zero attached hydrogens (tertiary/aromatic N) is 8. The van der Waals surface area contributed by atoms with E-state index in [9.17, 15) is 57.8 Å². The highest BCUT2D eigenvalue weighted by atomic mass is 32.1. The van der Waals surface area contributed by atoms with Crippen LogP contribution in [0.15, 0.2) is 106 Å². The summed E-state index contributed by atoms with van der Waals surface area (Å²) in [5.74, 6) is -10.2. The Morgan fingerprint density at radius 3 is 1.25 bits per heavy atom. The summed E-state index contributed by atoms with van der Waals surface area (Å²) in [6.45, 7) is -0.788. The SMILES string of the molecule is N#CC(C#N)=C1C(=Nc2nc3c(s2)-c2sc(N=C4C(=O)c5cc(F)c(F)cc5C4=C(C#N)C#N)nc2C3(C(=O)OCc2ccccc2)C(=O)OCc2ccccc2)C(=O)c2cc(F)c(F)cc21. The van der Waals surface area contributed by atoms with Gasteiger partial charge in [-0.05, 0) is 35.4 Å². The molecule has 2 heterocycles. The van der Waals surface area contributed by atoms with E-state index >= 15 is 0 Å². The summed E-state index contributed by atoms with van der Waals surface area (Å²) in [5.41, 5.74) is -7.41. The Balaban J connectivity index is 1.27. The van der Waals surface area contributed by atoms with Gasteiger partial charge in [-0.1, -0.05) is 83.3 Å². The maximum Gasteiger partial charge on any atom is 0.336 e. The minimum absolute atomic E-state index is 0.00586. The van der Waals surface area contributed by atoms with Crippen LogP contribution in [0, 0.1) is 68.6 Å². The molecule has 67 heavy (non-hydrogen) atoms. The summed E-state index contributed by atoms with van der Waals surface area (Å²) >= 11 is 1.34. The van der Waals surface area contributed by atoms with E-state index < -0.39 is 110 Å². The van der Waals surface area contributed by atoms with Gasteiger partial charge in [0, 0.05) is 33.4 Å². The molecule has 0 radical (unpaired) electrons. The zero-order valence-electron chi connectivity index (χ0n) is 33.4. The first-order valence-corrected chi connectivity index (χ1v) is 20.8. The van der Waals surface area contributed by atoms with Crippen molar-refractivity contribution in [1.29, 1.82) is 21.0 Å². The number of hydrogen-bond donors (Lipinski definition) is 0. The largest absolute Gasteiger partial charge is 0.459 e. The van der Waals surface area contributed by atoms with Crippen LogP contribution in [0.25, 0.3) is 20.9 Å². The molecule has 0 saturated carbocycles. The van der Waals surface area contributed by atoms with Gasteiger partial charge in [0.15, 0.2) is 23.3 Å². The van der Waals surface area contributed by atoms with Crippen LogP contribution in [0.4, 0.5) is 27.8 Å². The highest BCUT2D eigenvalue weighted by molar-refractivity contribution is 7.25. The number of nitriles is 4. The zero-order chi connectivity index (χ0) is 47.3. The van der Waals surface area contributed by atoms with Crippen molar-refractivity contribution in [1.82, 2.24) is 9.97 Å². The van der Waals surface area contributed by atoms with Crippen LogP contribution >= 0.6 is 22.7 Å². The van der Waals surface area contributed by atoms with E-state index in [1.165, 1.54) is 0 Å². The lowest BCUT2D eigenvalue weighted by molar-refractivity contribution is -0.164. The molecule has 0 spiro atoms. The third-order valence-electron chi connectivity index (χ3n) is 10.6. The number of fused-ring (bicyclic) bond motifs is 5. The summed E-state index contributed by atoms with van der Waals surface area (Å²) in [4.78, 5) is 75.2. The molecule has 14 nitrogen and oxygen atoms in total. The van der Waals surface area contributed by atoms with E-state index in [0.29, 0.717) is 58.1 Å². The Labute approximate surface area is 381 Å². The third kappa shape index (κ3) is 6.97. The molecule has 20 heteroatoms. The molecule has 0 amide bonds. The number of hydrogen-bond acceptors (Lipinski definition) is 16. The average Bonchev–Trinajstić information content (AvgIpc) is 4.11. The van der Waals surface area contributed by atoms with E-state index in [1.807, 2.05) is 0 Å². The highest BCUT2D eigenvalue weighted by Crippen LogP contribution is 2.57. The van der Waals surface area contributed by atoms with Crippen LogP contribution < -0.4 is 0 Å². The Morgan fingerprint density at radius 1 is 0.567 bits per heavy atom. The van der Waals surface area contributed by atoms with Crippen LogP contribution in [0.5, 0.6) is 0 Å². The Kier molecular flexibility index (Phi) is 10.8. The number of esters is 2. The van der Waals surface area contributed by atoms with Crippen LogP contribution in [0.1, 0.15) is 54.4 Å². The van der Waals surface area contributed by atoms with Gasteiger partial charge in [-0.25, -0.2) is 47.1 Å².